The molecule has 2 aromatic rings. The Hall–Kier alpha value is -2.34. The Labute approximate surface area is 161 Å². The smallest absolute Gasteiger partial charge is 0.261 e. The Morgan fingerprint density at radius 3 is 2.30 bits per heavy atom. The van der Waals surface area contributed by atoms with Crippen molar-refractivity contribution in [3.63, 3.8) is 0 Å². The number of anilines is 1. The molecule has 0 spiro atoms. The SMILES string of the molecule is Cc1ccc(NS(=O)(=O)c2cccc(C(=O)N3CCCCCC3)c2)cc1C. The lowest BCUT2D eigenvalue weighted by Crippen LogP contribution is -2.32. The first-order valence-corrected chi connectivity index (χ1v) is 10.8. The van der Waals surface area contributed by atoms with E-state index in [0.29, 0.717) is 11.3 Å². The third-order valence-electron chi connectivity index (χ3n) is 5.04. The van der Waals surface area contributed by atoms with Gasteiger partial charge in [0.25, 0.3) is 15.9 Å². The lowest BCUT2D eigenvalue weighted by Gasteiger charge is -2.20. The molecule has 6 heteroatoms. The summed E-state index contributed by atoms with van der Waals surface area (Å²) in [5.74, 6) is -0.0971. The van der Waals surface area contributed by atoms with Gasteiger partial charge in [-0.2, -0.15) is 0 Å². The van der Waals surface area contributed by atoms with Crippen molar-refractivity contribution < 1.29 is 13.2 Å². The van der Waals surface area contributed by atoms with Crippen molar-refractivity contribution in [3.8, 4) is 0 Å². The molecule has 27 heavy (non-hydrogen) atoms. The molecule has 0 aromatic heterocycles. The van der Waals surface area contributed by atoms with Crippen LogP contribution in [0, 0.1) is 13.8 Å². The van der Waals surface area contributed by atoms with Crippen molar-refractivity contribution in [3.05, 3.63) is 59.2 Å². The van der Waals surface area contributed by atoms with Gasteiger partial charge in [0.1, 0.15) is 0 Å². The summed E-state index contributed by atoms with van der Waals surface area (Å²) >= 11 is 0. The summed E-state index contributed by atoms with van der Waals surface area (Å²) in [5, 5.41) is 0. The number of likely N-dealkylation sites (tertiary alicyclic amines) is 1. The highest BCUT2D eigenvalue weighted by molar-refractivity contribution is 7.92. The van der Waals surface area contributed by atoms with E-state index < -0.39 is 10.0 Å². The molecular weight excluding hydrogens is 360 g/mol. The quantitative estimate of drug-likeness (QED) is 0.859. The van der Waals surface area contributed by atoms with Gasteiger partial charge >= 0.3 is 0 Å². The summed E-state index contributed by atoms with van der Waals surface area (Å²) < 4.78 is 28.1. The molecule has 1 aliphatic heterocycles. The van der Waals surface area contributed by atoms with Crippen molar-refractivity contribution in [2.45, 2.75) is 44.4 Å². The van der Waals surface area contributed by atoms with Crippen LogP contribution in [0.1, 0.15) is 47.2 Å². The second-order valence-electron chi connectivity index (χ2n) is 7.14. The molecule has 0 radical (unpaired) electrons. The van der Waals surface area contributed by atoms with Crippen LogP contribution in [0.3, 0.4) is 0 Å². The lowest BCUT2D eigenvalue weighted by molar-refractivity contribution is 0.0761. The average Bonchev–Trinajstić information content (AvgIpc) is 2.93. The van der Waals surface area contributed by atoms with E-state index in [-0.39, 0.29) is 10.8 Å². The summed E-state index contributed by atoms with van der Waals surface area (Å²) in [5.41, 5.74) is 3.05. The van der Waals surface area contributed by atoms with Gasteiger partial charge in [0.2, 0.25) is 0 Å². The molecule has 1 amide bonds. The van der Waals surface area contributed by atoms with Gasteiger partial charge in [-0.05, 0) is 68.1 Å². The molecule has 3 rings (SSSR count). The predicted octanol–water partition coefficient (Wildman–Crippen LogP) is 4.12. The minimum atomic E-state index is -3.76. The largest absolute Gasteiger partial charge is 0.339 e. The van der Waals surface area contributed by atoms with E-state index in [0.717, 1.165) is 49.9 Å². The van der Waals surface area contributed by atoms with E-state index in [2.05, 4.69) is 4.72 Å². The van der Waals surface area contributed by atoms with Crippen LogP contribution in [0.15, 0.2) is 47.4 Å². The number of carbonyl (C=O) groups excluding carboxylic acids is 1. The number of aryl methyl sites for hydroxylation is 2. The number of hydrogen-bond donors (Lipinski definition) is 1. The number of rotatable bonds is 4. The number of carbonyl (C=O) groups is 1. The number of benzene rings is 2. The number of nitrogens with zero attached hydrogens (tertiary/aromatic N) is 1. The molecule has 1 heterocycles. The van der Waals surface area contributed by atoms with E-state index in [1.165, 1.54) is 12.1 Å². The molecule has 144 valence electrons. The Morgan fingerprint density at radius 2 is 1.63 bits per heavy atom. The predicted molar refractivity (Wildman–Crippen MR) is 108 cm³/mol. The number of nitrogens with one attached hydrogen (secondary N) is 1. The van der Waals surface area contributed by atoms with Gasteiger partial charge in [-0.1, -0.05) is 25.0 Å². The molecule has 2 aromatic carbocycles. The van der Waals surface area contributed by atoms with Crippen LogP contribution in [0.25, 0.3) is 0 Å². The highest BCUT2D eigenvalue weighted by Gasteiger charge is 2.20. The van der Waals surface area contributed by atoms with Crippen molar-refractivity contribution in [2.24, 2.45) is 0 Å². The fourth-order valence-electron chi connectivity index (χ4n) is 3.27. The first kappa shape index (κ1) is 19.4. The molecule has 0 atom stereocenters. The lowest BCUT2D eigenvalue weighted by atomic mass is 10.1. The molecule has 0 bridgehead atoms. The Balaban J connectivity index is 1.82. The third kappa shape index (κ3) is 4.69. The van der Waals surface area contributed by atoms with Gasteiger partial charge in [-0.15, -0.1) is 0 Å². The van der Waals surface area contributed by atoms with Crippen LogP contribution < -0.4 is 4.72 Å². The maximum Gasteiger partial charge on any atom is 0.261 e. The van der Waals surface area contributed by atoms with Gasteiger partial charge in [-0.3, -0.25) is 9.52 Å². The van der Waals surface area contributed by atoms with Gasteiger partial charge in [0.05, 0.1) is 4.90 Å². The molecule has 5 nitrogen and oxygen atoms in total. The molecule has 0 unspecified atom stereocenters. The van der Waals surface area contributed by atoms with E-state index >= 15 is 0 Å². The molecular formula is C21H26N2O3S. The van der Waals surface area contributed by atoms with E-state index in [9.17, 15) is 13.2 Å². The van der Waals surface area contributed by atoms with Crippen molar-refractivity contribution in [1.29, 1.82) is 0 Å². The van der Waals surface area contributed by atoms with Gasteiger partial charge in [0, 0.05) is 24.3 Å². The first-order valence-electron chi connectivity index (χ1n) is 9.36. The maximum absolute atomic E-state index is 12.8. The summed E-state index contributed by atoms with van der Waals surface area (Å²) in [4.78, 5) is 14.7. The molecule has 1 aliphatic rings. The number of amides is 1. The molecule has 1 N–H and O–H groups in total. The van der Waals surface area contributed by atoms with E-state index in [4.69, 9.17) is 0 Å². The zero-order valence-electron chi connectivity index (χ0n) is 15.9. The van der Waals surface area contributed by atoms with Crippen LogP contribution in [0.4, 0.5) is 5.69 Å². The van der Waals surface area contributed by atoms with Gasteiger partial charge < -0.3 is 4.90 Å². The Bertz CT molecular complexity index is 930. The fourth-order valence-corrected chi connectivity index (χ4v) is 4.37. The summed E-state index contributed by atoms with van der Waals surface area (Å²) in [7, 11) is -3.76. The van der Waals surface area contributed by atoms with Crippen molar-refractivity contribution in [2.75, 3.05) is 17.8 Å². The second-order valence-corrected chi connectivity index (χ2v) is 8.82. The maximum atomic E-state index is 12.8. The average molecular weight is 387 g/mol. The van der Waals surface area contributed by atoms with E-state index in [1.807, 2.05) is 24.8 Å². The zero-order chi connectivity index (χ0) is 19.4. The Kier molecular flexibility index (Phi) is 5.85. The van der Waals surface area contributed by atoms with Crippen LogP contribution in [0.2, 0.25) is 0 Å². The summed E-state index contributed by atoms with van der Waals surface area (Å²) in [6.07, 6.45) is 4.27. The zero-order valence-corrected chi connectivity index (χ0v) is 16.7. The Morgan fingerprint density at radius 1 is 0.926 bits per heavy atom. The number of sulfonamides is 1. The highest BCUT2D eigenvalue weighted by atomic mass is 32.2. The molecule has 0 saturated carbocycles. The van der Waals surface area contributed by atoms with E-state index in [1.54, 1.807) is 24.3 Å². The molecule has 1 fully saturated rings. The first-order chi connectivity index (χ1) is 12.9. The van der Waals surface area contributed by atoms with Crippen LogP contribution >= 0.6 is 0 Å². The van der Waals surface area contributed by atoms with Crippen LogP contribution in [-0.4, -0.2) is 32.3 Å². The second kappa shape index (κ2) is 8.13. The topological polar surface area (TPSA) is 66.5 Å². The minimum absolute atomic E-state index is 0.0971. The standard InChI is InChI=1S/C21H26N2O3S/c1-16-10-11-19(14-17(16)2)22-27(25,26)20-9-7-8-18(15-20)21(24)23-12-5-3-4-6-13-23/h7-11,14-15,22H,3-6,12-13H2,1-2H3. The monoisotopic (exact) mass is 386 g/mol. The highest BCUT2D eigenvalue weighted by Crippen LogP contribution is 2.21. The summed E-state index contributed by atoms with van der Waals surface area (Å²) in [6, 6.07) is 11.7. The summed E-state index contributed by atoms with van der Waals surface area (Å²) in [6.45, 7) is 5.38. The third-order valence-corrected chi connectivity index (χ3v) is 6.42. The number of hydrogen-bond acceptors (Lipinski definition) is 3. The molecule has 1 saturated heterocycles. The van der Waals surface area contributed by atoms with Gasteiger partial charge in [0.15, 0.2) is 0 Å². The molecule has 0 aliphatic carbocycles. The minimum Gasteiger partial charge on any atom is -0.339 e. The van der Waals surface area contributed by atoms with Crippen molar-refractivity contribution >= 4 is 21.6 Å². The normalized spacial score (nSPS) is 15.3. The fraction of sp³-hybridized carbons (Fsp3) is 0.381. The van der Waals surface area contributed by atoms with Crippen molar-refractivity contribution in [1.82, 2.24) is 4.90 Å². The van der Waals surface area contributed by atoms with Gasteiger partial charge in [-0.25, -0.2) is 8.42 Å². The van der Waals surface area contributed by atoms with Crippen LogP contribution in [0.5, 0.6) is 0 Å². The van der Waals surface area contributed by atoms with Crippen LogP contribution in [-0.2, 0) is 10.0 Å².